The molecule has 0 spiro atoms. The van der Waals surface area contributed by atoms with Gasteiger partial charge in [0.1, 0.15) is 11.3 Å². The first-order valence-electron chi connectivity index (χ1n) is 7.94. The van der Waals surface area contributed by atoms with E-state index in [9.17, 15) is 18.4 Å². The van der Waals surface area contributed by atoms with Crippen molar-refractivity contribution in [2.24, 2.45) is 0 Å². The molecule has 0 atom stereocenters. The number of carbonyl (C=O) groups is 2. The van der Waals surface area contributed by atoms with Gasteiger partial charge in [-0.25, -0.2) is 4.79 Å². The van der Waals surface area contributed by atoms with Crippen molar-refractivity contribution in [2.75, 3.05) is 11.9 Å². The standard InChI is InChI=1S/C19H15F2NO5/c1-11-12-6-2-4-8-14(12)26-17(11)18(24)25-10-16(23)22-13-7-3-5-9-15(13)27-19(20)21/h2-9,19H,10H2,1H3,(H,22,23). The van der Waals surface area contributed by atoms with Gasteiger partial charge in [-0.15, -0.1) is 0 Å². The highest BCUT2D eigenvalue weighted by Gasteiger charge is 2.20. The van der Waals surface area contributed by atoms with Crippen molar-refractivity contribution in [3.8, 4) is 5.75 Å². The number of alkyl halides is 2. The molecule has 3 rings (SSSR count). The Morgan fingerprint density at radius 3 is 2.56 bits per heavy atom. The molecule has 6 nitrogen and oxygen atoms in total. The van der Waals surface area contributed by atoms with Crippen LogP contribution in [0.2, 0.25) is 0 Å². The van der Waals surface area contributed by atoms with E-state index in [0.29, 0.717) is 11.1 Å². The van der Waals surface area contributed by atoms with Gasteiger partial charge in [0.05, 0.1) is 5.69 Å². The van der Waals surface area contributed by atoms with Crippen LogP contribution in [0.4, 0.5) is 14.5 Å². The van der Waals surface area contributed by atoms with Crippen LogP contribution in [0.1, 0.15) is 16.1 Å². The molecule has 140 valence electrons. The van der Waals surface area contributed by atoms with Gasteiger partial charge in [0, 0.05) is 10.9 Å². The fraction of sp³-hybridized carbons (Fsp3) is 0.158. The largest absolute Gasteiger partial charge is 0.450 e. The lowest BCUT2D eigenvalue weighted by Crippen LogP contribution is -2.21. The summed E-state index contributed by atoms with van der Waals surface area (Å²) in [7, 11) is 0. The Kier molecular flexibility index (Phi) is 5.35. The molecule has 1 amide bonds. The second-order valence-corrected chi connectivity index (χ2v) is 5.55. The number of hydrogen-bond acceptors (Lipinski definition) is 5. The Hall–Kier alpha value is -3.42. The molecule has 1 heterocycles. The molecule has 0 bridgehead atoms. The van der Waals surface area contributed by atoms with E-state index in [2.05, 4.69) is 10.1 Å². The van der Waals surface area contributed by atoms with Crippen LogP contribution in [0, 0.1) is 6.92 Å². The van der Waals surface area contributed by atoms with Crippen LogP contribution in [-0.4, -0.2) is 25.1 Å². The number of carbonyl (C=O) groups excluding carboxylic acids is 2. The summed E-state index contributed by atoms with van der Waals surface area (Å²) in [6.45, 7) is -1.93. The number of ether oxygens (including phenoxy) is 2. The predicted molar refractivity (Wildman–Crippen MR) is 92.9 cm³/mol. The van der Waals surface area contributed by atoms with Gasteiger partial charge in [0.15, 0.2) is 6.61 Å². The number of fused-ring (bicyclic) bond motifs is 1. The third kappa shape index (κ3) is 4.22. The zero-order valence-electron chi connectivity index (χ0n) is 14.2. The van der Waals surface area contributed by atoms with Crippen molar-refractivity contribution in [2.45, 2.75) is 13.5 Å². The van der Waals surface area contributed by atoms with E-state index in [1.807, 2.05) is 6.07 Å². The summed E-state index contributed by atoms with van der Waals surface area (Å²) >= 11 is 0. The minimum absolute atomic E-state index is 0.00503. The van der Waals surface area contributed by atoms with E-state index in [1.54, 1.807) is 25.1 Å². The maximum absolute atomic E-state index is 12.4. The summed E-state index contributed by atoms with van der Waals surface area (Å²) < 4.78 is 39.5. The smallest absolute Gasteiger partial charge is 0.387 e. The summed E-state index contributed by atoms with van der Waals surface area (Å²) in [5.74, 6) is -1.69. The van der Waals surface area contributed by atoms with Gasteiger partial charge in [-0.05, 0) is 25.1 Å². The summed E-state index contributed by atoms with van der Waals surface area (Å²) in [4.78, 5) is 24.2. The molecule has 0 unspecified atom stereocenters. The number of aryl methyl sites for hydroxylation is 1. The second kappa shape index (κ2) is 7.86. The molecule has 0 aliphatic heterocycles. The van der Waals surface area contributed by atoms with Gasteiger partial charge in [-0.2, -0.15) is 8.78 Å². The summed E-state index contributed by atoms with van der Waals surface area (Å²) in [5, 5.41) is 3.13. The van der Waals surface area contributed by atoms with Crippen LogP contribution < -0.4 is 10.1 Å². The first-order chi connectivity index (χ1) is 13.0. The molecule has 3 aromatic rings. The molecule has 27 heavy (non-hydrogen) atoms. The van der Waals surface area contributed by atoms with Crippen molar-refractivity contribution in [3.05, 3.63) is 59.9 Å². The van der Waals surface area contributed by atoms with Crippen molar-refractivity contribution in [1.29, 1.82) is 0 Å². The topological polar surface area (TPSA) is 77.8 Å². The quantitative estimate of drug-likeness (QED) is 0.655. The number of esters is 1. The van der Waals surface area contributed by atoms with Gasteiger partial charge in [-0.3, -0.25) is 4.79 Å². The number of furan rings is 1. The minimum atomic E-state index is -3.03. The lowest BCUT2D eigenvalue weighted by Gasteiger charge is -2.11. The van der Waals surface area contributed by atoms with Crippen molar-refractivity contribution >= 4 is 28.5 Å². The fourth-order valence-corrected chi connectivity index (χ4v) is 2.52. The molecule has 0 aliphatic carbocycles. The highest BCUT2D eigenvalue weighted by Crippen LogP contribution is 2.26. The third-order valence-corrected chi connectivity index (χ3v) is 3.74. The Balaban J connectivity index is 1.64. The number of para-hydroxylation sites is 3. The van der Waals surface area contributed by atoms with Crippen molar-refractivity contribution in [3.63, 3.8) is 0 Å². The maximum atomic E-state index is 12.4. The lowest BCUT2D eigenvalue weighted by molar-refractivity contribution is -0.119. The first kappa shape index (κ1) is 18.4. The van der Waals surface area contributed by atoms with Crippen molar-refractivity contribution in [1.82, 2.24) is 0 Å². The molecule has 2 aromatic carbocycles. The maximum Gasteiger partial charge on any atom is 0.387 e. The summed E-state index contributed by atoms with van der Waals surface area (Å²) in [5.41, 5.74) is 1.18. The highest BCUT2D eigenvalue weighted by molar-refractivity contribution is 5.98. The monoisotopic (exact) mass is 375 g/mol. The van der Waals surface area contributed by atoms with Gasteiger partial charge in [0.25, 0.3) is 5.91 Å². The third-order valence-electron chi connectivity index (χ3n) is 3.74. The lowest BCUT2D eigenvalue weighted by atomic mass is 10.1. The number of nitrogens with one attached hydrogen (secondary N) is 1. The van der Waals surface area contributed by atoms with Crippen LogP contribution in [0.3, 0.4) is 0 Å². The number of benzene rings is 2. The zero-order chi connectivity index (χ0) is 19.4. The molecule has 8 heteroatoms. The number of hydrogen-bond donors (Lipinski definition) is 1. The van der Waals surface area contributed by atoms with Crippen LogP contribution in [0.25, 0.3) is 11.0 Å². The van der Waals surface area contributed by atoms with Gasteiger partial charge in [-0.1, -0.05) is 30.3 Å². The molecular weight excluding hydrogens is 360 g/mol. The molecule has 0 fully saturated rings. The molecular formula is C19H15F2NO5. The Morgan fingerprint density at radius 2 is 1.81 bits per heavy atom. The van der Waals surface area contributed by atoms with Crippen LogP contribution in [0.15, 0.2) is 52.9 Å². The van der Waals surface area contributed by atoms with Gasteiger partial charge < -0.3 is 19.2 Å². The number of anilines is 1. The summed E-state index contributed by atoms with van der Waals surface area (Å²) in [6, 6.07) is 12.8. The number of rotatable bonds is 6. The van der Waals surface area contributed by atoms with Gasteiger partial charge >= 0.3 is 12.6 Å². The van der Waals surface area contributed by atoms with Crippen LogP contribution in [0.5, 0.6) is 5.75 Å². The molecule has 1 aromatic heterocycles. The van der Waals surface area contributed by atoms with E-state index in [4.69, 9.17) is 9.15 Å². The summed E-state index contributed by atoms with van der Waals surface area (Å²) in [6.07, 6.45) is 0. The fourth-order valence-electron chi connectivity index (χ4n) is 2.52. The molecule has 0 saturated heterocycles. The molecule has 0 radical (unpaired) electrons. The second-order valence-electron chi connectivity index (χ2n) is 5.55. The Morgan fingerprint density at radius 1 is 1.11 bits per heavy atom. The minimum Gasteiger partial charge on any atom is -0.450 e. The average molecular weight is 375 g/mol. The number of halogens is 2. The van der Waals surface area contributed by atoms with E-state index < -0.39 is 25.1 Å². The Bertz CT molecular complexity index is 983. The van der Waals surface area contributed by atoms with E-state index in [0.717, 1.165) is 5.39 Å². The zero-order valence-corrected chi connectivity index (χ0v) is 14.2. The van der Waals surface area contributed by atoms with Gasteiger partial charge in [0.2, 0.25) is 5.76 Å². The predicted octanol–water partition coefficient (Wildman–Crippen LogP) is 4.14. The first-order valence-corrected chi connectivity index (χ1v) is 7.94. The average Bonchev–Trinajstić information content (AvgIpc) is 2.98. The molecule has 0 aliphatic rings. The molecule has 1 N–H and O–H groups in total. The Labute approximate surface area is 152 Å². The SMILES string of the molecule is Cc1c(C(=O)OCC(=O)Nc2ccccc2OC(F)F)oc2ccccc12. The molecule has 0 saturated carbocycles. The number of amides is 1. The highest BCUT2D eigenvalue weighted by atomic mass is 19.3. The van der Waals surface area contributed by atoms with E-state index >= 15 is 0 Å². The van der Waals surface area contributed by atoms with E-state index in [1.165, 1.54) is 24.3 Å². The van der Waals surface area contributed by atoms with E-state index in [-0.39, 0.29) is 17.2 Å². The van der Waals surface area contributed by atoms with Crippen LogP contribution >= 0.6 is 0 Å². The van der Waals surface area contributed by atoms with Crippen molar-refractivity contribution < 1.29 is 32.3 Å². The van der Waals surface area contributed by atoms with Crippen LogP contribution in [-0.2, 0) is 9.53 Å². The normalized spacial score (nSPS) is 10.8.